The summed E-state index contributed by atoms with van der Waals surface area (Å²) in [5, 5.41) is 0. The first-order valence-corrected chi connectivity index (χ1v) is 9.35. The summed E-state index contributed by atoms with van der Waals surface area (Å²) in [6.07, 6.45) is 0. The molecule has 0 aromatic heterocycles. The molecule has 0 radical (unpaired) electrons. The van der Waals surface area contributed by atoms with Gasteiger partial charge in [-0.25, -0.2) is 0 Å². The van der Waals surface area contributed by atoms with E-state index < -0.39 is 0 Å². The van der Waals surface area contributed by atoms with E-state index in [4.69, 9.17) is 19.9 Å². The predicted molar refractivity (Wildman–Crippen MR) is 116 cm³/mol. The molecule has 4 nitrogen and oxygen atoms in total. The molecule has 3 aromatic rings. The highest BCUT2D eigenvalue weighted by Gasteiger charge is 2.18. The molecule has 0 spiro atoms. The van der Waals surface area contributed by atoms with Gasteiger partial charge in [0.1, 0.15) is 17.2 Å². The van der Waals surface area contributed by atoms with Crippen LogP contribution in [0.2, 0.25) is 0 Å². The zero-order valence-electron chi connectivity index (χ0n) is 16.9. The Bertz CT molecular complexity index is 951. The second-order valence-electron chi connectivity index (χ2n) is 6.44. The Labute approximate surface area is 172 Å². The van der Waals surface area contributed by atoms with E-state index in [0.29, 0.717) is 6.54 Å². The lowest BCUT2D eigenvalue weighted by atomic mass is 9.84. The highest BCUT2D eigenvalue weighted by Crippen LogP contribution is 2.35. The number of ether oxygens (including phenoxy) is 3. The minimum Gasteiger partial charge on any atom is -0.497 e. The van der Waals surface area contributed by atoms with Gasteiger partial charge >= 0.3 is 0 Å². The molecule has 0 aliphatic rings. The quantitative estimate of drug-likeness (QED) is 0.509. The minimum atomic E-state index is 0.0242. The molecule has 0 unspecified atom stereocenters. The van der Waals surface area contributed by atoms with Crippen molar-refractivity contribution in [2.45, 2.75) is 5.92 Å². The van der Waals surface area contributed by atoms with E-state index in [0.717, 1.165) is 39.5 Å². The molecule has 0 heterocycles. The molecule has 3 aromatic carbocycles. The largest absolute Gasteiger partial charge is 0.497 e. The van der Waals surface area contributed by atoms with Gasteiger partial charge < -0.3 is 19.9 Å². The van der Waals surface area contributed by atoms with Gasteiger partial charge in [-0.05, 0) is 53.1 Å². The second kappa shape index (κ2) is 9.68. The summed E-state index contributed by atoms with van der Waals surface area (Å²) >= 11 is 0. The van der Waals surface area contributed by atoms with Gasteiger partial charge in [0.2, 0.25) is 0 Å². The van der Waals surface area contributed by atoms with Crippen LogP contribution in [-0.4, -0.2) is 27.9 Å². The third-order valence-electron chi connectivity index (χ3n) is 4.78. The maximum atomic E-state index is 5.56. The normalized spacial score (nSPS) is 10.2. The fraction of sp³-hybridized carbons (Fsp3) is 0.200. The van der Waals surface area contributed by atoms with E-state index in [-0.39, 0.29) is 5.92 Å². The van der Waals surface area contributed by atoms with Crippen molar-refractivity contribution < 1.29 is 14.2 Å². The van der Waals surface area contributed by atoms with Crippen molar-refractivity contribution in [2.24, 2.45) is 5.73 Å². The van der Waals surface area contributed by atoms with E-state index in [1.165, 1.54) is 0 Å². The van der Waals surface area contributed by atoms with Crippen molar-refractivity contribution in [3.8, 4) is 29.1 Å². The van der Waals surface area contributed by atoms with Crippen LogP contribution in [0.25, 0.3) is 0 Å². The Kier molecular flexibility index (Phi) is 6.78. The third-order valence-corrected chi connectivity index (χ3v) is 4.78. The Morgan fingerprint density at radius 3 is 1.69 bits per heavy atom. The van der Waals surface area contributed by atoms with Crippen molar-refractivity contribution in [2.75, 3.05) is 27.9 Å². The average molecular weight is 387 g/mol. The third kappa shape index (κ3) is 4.71. The molecule has 2 N–H and O–H groups in total. The van der Waals surface area contributed by atoms with Gasteiger partial charge in [0.05, 0.1) is 33.4 Å². The number of hydrogen-bond acceptors (Lipinski definition) is 4. The highest BCUT2D eigenvalue weighted by molar-refractivity contribution is 5.53. The fourth-order valence-corrected chi connectivity index (χ4v) is 3.32. The molecule has 0 bridgehead atoms. The Morgan fingerprint density at radius 1 is 0.724 bits per heavy atom. The molecule has 0 aliphatic heterocycles. The van der Waals surface area contributed by atoms with Crippen LogP contribution in [-0.2, 0) is 0 Å². The van der Waals surface area contributed by atoms with Crippen LogP contribution in [0, 0.1) is 11.8 Å². The lowest BCUT2D eigenvalue weighted by Crippen LogP contribution is -2.05. The lowest BCUT2D eigenvalue weighted by molar-refractivity contribution is 0.413. The maximum Gasteiger partial charge on any atom is 0.134 e. The van der Waals surface area contributed by atoms with Crippen LogP contribution < -0.4 is 19.9 Å². The summed E-state index contributed by atoms with van der Waals surface area (Å²) in [6.45, 7) is 0.299. The summed E-state index contributed by atoms with van der Waals surface area (Å²) in [7, 11) is 4.98. The minimum absolute atomic E-state index is 0.0242. The Balaban J connectivity index is 2.13. The molecule has 0 amide bonds. The number of benzene rings is 3. The van der Waals surface area contributed by atoms with Crippen LogP contribution in [0.4, 0.5) is 0 Å². The van der Waals surface area contributed by atoms with Gasteiger partial charge in [0.25, 0.3) is 0 Å². The molecule has 29 heavy (non-hydrogen) atoms. The monoisotopic (exact) mass is 387 g/mol. The van der Waals surface area contributed by atoms with Crippen molar-refractivity contribution in [1.29, 1.82) is 0 Å². The molecule has 0 aliphatic carbocycles. The van der Waals surface area contributed by atoms with E-state index in [1.807, 2.05) is 30.3 Å². The number of rotatable bonds is 6. The van der Waals surface area contributed by atoms with Gasteiger partial charge in [0.15, 0.2) is 0 Å². The zero-order chi connectivity index (χ0) is 20.6. The van der Waals surface area contributed by atoms with Crippen molar-refractivity contribution in [3.63, 3.8) is 0 Å². The smallest absolute Gasteiger partial charge is 0.134 e. The van der Waals surface area contributed by atoms with E-state index in [2.05, 4.69) is 48.2 Å². The van der Waals surface area contributed by atoms with Crippen LogP contribution >= 0.6 is 0 Å². The van der Waals surface area contributed by atoms with Crippen molar-refractivity contribution in [1.82, 2.24) is 0 Å². The Hall–Kier alpha value is -3.42. The first-order valence-electron chi connectivity index (χ1n) is 9.35. The van der Waals surface area contributed by atoms with Crippen LogP contribution in [0.5, 0.6) is 17.2 Å². The molecule has 0 saturated carbocycles. The second-order valence-corrected chi connectivity index (χ2v) is 6.44. The molecular formula is C25H25NO3. The van der Waals surface area contributed by atoms with Crippen molar-refractivity contribution in [3.05, 3.63) is 89.0 Å². The molecule has 4 heteroatoms. The van der Waals surface area contributed by atoms with Crippen LogP contribution in [0.1, 0.15) is 28.2 Å². The number of hydrogen-bond donors (Lipinski definition) is 1. The maximum absolute atomic E-state index is 5.56. The van der Waals surface area contributed by atoms with Crippen molar-refractivity contribution >= 4 is 0 Å². The SMILES string of the molecule is COc1ccc(C(c2ccc(OC)cc2)c2ccc(OC)c(C#CCN)c2)cc1. The molecule has 3 rings (SSSR count). The zero-order valence-corrected chi connectivity index (χ0v) is 16.9. The highest BCUT2D eigenvalue weighted by atomic mass is 16.5. The first-order chi connectivity index (χ1) is 14.2. The Morgan fingerprint density at radius 2 is 1.24 bits per heavy atom. The van der Waals surface area contributed by atoms with Crippen LogP contribution in [0.15, 0.2) is 66.7 Å². The predicted octanol–water partition coefficient (Wildman–Crippen LogP) is 4.20. The van der Waals surface area contributed by atoms with Gasteiger partial charge in [-0.2, -0.15) is 0 Å². The van der Waals surface area contributed by atoms with Crippen LogP contribution in [0.3, 0.4) is 0 Å². The topological polar surface area (TPSA) is 53.7 Å². The molecule has 0 saturated heterocycles. The van der Waals surface area contributed by atoms with E-state index in [1.54, 1.807) is 21.3 Å². The number of nitrogens with two attached hydrogens (primary N) is 1. The standard InChI is InChI=1S/C25H25NO3/c1-27-22-11-6-18(7-12-22)25(19-8-13-23(28-2)14-9-19)21-10-15-24(29-3)20(17-21)5-4-16-26/h6-15,17,25H,16,26H2,1-3H3. The molecule has 148 valence electrons. The summed E-state index contributed by atoms with van der Waals surface area (Å²) in [5.41, 5.74) is 9.80. The summed E-state index contributed by atoms with van der Waals surface area (Å²) < 4.78 is 16.1. The van der Waals surface area contributed by atoms with E-state index in [9.17, 15) is 0 Å². The average Bonchev–Trinajstić information content (AvgIpc) is 2.79. The lowest BCUT2D eigenvalue weighted by Gasteiger charge is -2.20. The first kappa shape index (κ1) is 20.3. The van der Waals surface area contributed by atoms with Gasteiger partial charge in [-0.15, -0.1) is 0 Å². The fourth-order valence-electron chi connectivity index (χ4n) is 3.32. The summed E-state index contributed by atoms with van der Waals surface area (Å²) in [6, 6.07) is 22.4. The molecule has 0 fully saturated rings. The molecular weight excluding hydrogens is 362 g/mol. The summed E-state index contributed by atoms with van der Waals surface area (Å²) in [4.78, 5) is 0. The van der Waals surface area contributed by atoms with Gasteiger partial charge in [-0.1, -0.05) is 42.2 Å². The van der Waals surface area contributed by atoms with E-state index >= 15 is 0 Å². The van der Waals surface area contributed by atoms with Gasteiger partial charge in [-0.3, -0.25) is 0 Å². The number of methoxy groups -OCH3 is 3. The summed E-state index contributed by atoms with van der Waals surface area (Å²) in [5.74, 6) is 8.45. The molecule has 0 atom stereocenters. The van der Waals surface area contributed by atoms with Gasteiger partial charge in [0, 0.05) is 5.92 Å².